The second-order valence-electron chi connectivity index (χ2n) is 5.17. The summed E-state index contributed by atoms with van der Waals surface area (Å²) in [6.45, 7) is 0. The summed E-state index contributed by atoms with van der Waals surface area (Å²) in [5.74, 6) is -0.607. The molecule has 0 unspecified atom stereocenters. The Labute approximate surface area is 118 Å². The number of benzene rings is 2. The standard InChI is InChI=1S/C16H15FO2S/c17-15-5-2-6-16(10-15)20(18,19)11-12-7-8-13-3-1-4-14(13)9-12/h2,5-10H,1,3-4,11H2. The van der Waals surface area contributed by atoms with Crippen molar-refractivity contribution in [1.82, 2.24) is 0 Å². The van der Waals surface area contributed by atoms with Crippen LogP contribution in [0.3, 0.4) is 0 Å². The Hall–Kier alpha value is -1.68. The summed E-state index contributed by atoms with van der Waals surface area (Å²) in [5.41, 5.74) is 3.34. The van der Waals surface area contributed by atoms with Gasteiger partial charge in [-0.1, -0.05) is 24.3 Å². The molecule has 0 saturated carbocycles. The SMILES string of the molecule is O=S(=O)(Cc1ccc2c(c1)CCC2)c1cccc(F)c1. The fraction of sp³-hybridized carbons (Fsp3) is 0.250. The predicted octanol–water partition coefficient (Wildman–Crippen LogP) is 3.29. The smallest absolute Gasteiger partial charge is 0.182 e. The third-order valence-electron chi connectivity index (χ3n) is 3.67. The molecule has 2 aromatic carbocycles. The van der Waals surface area contributed by atoms with E-state index in [4.69, 9.17) is 0 Å². The van der Waals surface area contributed by atoms with Crippen molar-refractivity contribution >= 4 is 9.84 Å². The normalized spacial score (nSPS) is 14.2. The molecule has 0 spiro atoms. The highest BCUT2D eigenvalue weighted by molar-refractivity contribution is 7.90. The van der Waals surface area contributed by atoms with Gasteiger partial charge in [0, 0.05) is 0 Å². The first kappa shape index (κ1) is 13.3. The second kappa shape index (κ2) is 5.02. The van der Waals surface area contributed by atoms with Crippen LogP contribution in [0, 0.1) is 5.82 Å². The van der Waals surface area contributed by atoms with E-state index in [1.165, 1.54) is 29.3 Å². The number of hydrogen-bond acceptors (Lipinski definition) is 2. The van der Waals surface area contributed by atoms with Gasteiger partial charge in [-0.05, 0) is 54.2 Å². The molecule has 2 nitrogen and oxygen atoms in total. The van der Waals surface area contributed by atoms with Gasteiger partial charge in [-0.15, -0.1) is 0 Å². The van der Waals surface area contributed by atoms with Crippen LogP contribution in [0.2, 0.25) is 0 Å². The first-order chi connectivity index (χ1) is 9.54. The first-order valence-electron chi connectivity index (χ1n) is 6.64. The lowest BCUT2D eigenvalue weighted by molar-refractivity contribution is 0.590. The van der Waals surface area contributed by atoms with Gasteiger partial charge in [0.1, 0.15) is 5.82 Å². The van der Waals surface area contributed by atoms with E-state index in [0.29, 0.717) is 0 Å². The molecule has 1 aliphatic rings. The molecule has 0 radical (unpaired) electrons. The van der Waals surface area contributed by atoms with Gasteiger partial charge in [0.25, 0.3) is 0 Å². The van der Waals surface area contributed by atoms with Gasteiger partial charge in [-0.25, -0.2) is 12.8 Å². The zero-order valence-corrected chi connectivity index (χ0v) is 11.8. The number of halogens is 1. The van der Waals surface area contributed by atoms with E-state index in [9.17, 15) is 12.8 Å². The lowest BCUT2D eigenvalue weighted by Gasteiger charge is -2.07. The van der Waals surface area contributed by atoms with Gasteiger partial charge in [0.15, 0.2) is 9.84 Å². The summed E-state index contributed by atoms with van der Waals surface area (Å²) in [5, 5.41) is 0. The first-order valence-corrected chi connectivity index (χ1v) is 8.29. The van der Waals surface area contributed by atoms with Crippen LogP contribution in [0.15, 0.2) is 47.4 Å². The molecule has 0 N–H and O–H groups in total. The van der Waals surface area contributed by atoms with Crippen molar-refractivity contribution in [1.29, 1.82) is 0 Å². The minimum Gasteiger partial charge on any atom is -0.223 e. The molecular formula is C16H15FO2S. The molecule has 1 aliphatic carbocycles. The number of rotatable bonds is 3. The van der Waals surface area contributed by atoms with Crippen molar-refractivity contribution in [3.8, 4) is 0 Å². The number of fused-ring (bicyclic) bond motifs is 1. The van der Waals surface area contributed by atoms with Crippen LogP contribution in [-0.4, -0.2) is 8.42 Å². The average Bonchev–Trinajstić information content (AvgIpc) is 2.85. The molecule has 0 aliphatic heterocycles. The van der Waals surface area contributed by atoms with Crippen LogP contribution >= 0.6 is 0 Å². The van der Waals surface area contributed by atoms with Gasteiger partial charge in [-0.3, -0.25) is 0 Å². The Kier molecular flexibility index (Phi) is 3.34. The van der Waals surface area contributed by atoms with Crippen LogP contribution < -0.4 is 0 Å². The van der Waals surface area contributed by atoms with Gasteiger partial charge >= 0.3 is 0 Å². The third-order valence-corrected chi connectivity index (χ3v) is 5.36. The number of sulfone groups is 1. The van der Waals surface area contributed by atoms with Crippen molar-refractivity contribution in [2.24, 2.45) is 0 Å². The lowest BCUT2D eigenvalue weighted by Crippen LogP contribution is -2.05. The number of hydrogen-bond donors (Lipinski definition) is 0. The average molecular weight is 290 g/mol. The molecule has 0 heterocycles. The maximum absolute atomic E-state index is 13.2. The topological polar surface area (TPSA) is 34.1 Å². The van der Waals surface area contributed by atoms with Crippen LogP contribution in [0.1, 0.15) is 23.1 Å². The lowest BCUT2D eigenvalue weighted by atomic mass is 10.1. The summed E-state index contributed by atoms with van der Waals surface area (Å²) in [7, 11) is -3.49. The summed E-state index contributed by atoms with van der Waals surface area (Å²) in [6, 6.07) is 11.0. The van der Waals surface area contributed by atoms with Crippen LogP contribution in [0.4, 0.5) is 4.39 Å². The Balaban J connectivity index is 1.90. The van der Waals surface area contributed by atoms with E-state index >= 15 is 0 Å². The van der Waals surface area contributed by atoms with Crippen molar-refractivity contribution in [2.45, 2.75) is 29.9 Å². The van der Waals surface area contributed by atoms with Gasteiger partial charge in [0.2, 0.25) is 0 Å². The highest BCUT2D eigenvalue weighted by atomic mass is 32.2. The van der Waals surface area contributed by atoms with E-state index in [-0.39, 0.29) is 10.6 Å². The van der Waals surface area contributed by atoms with Crippen molar-refractivity contribution in [2.75, 3.05) is 0 Å². The molecule has 0 bridgehead atoms. The van der Waals surface area contributed by atoms with Crippen molar-refractivity contribution in [3.63, 3.8) is 0 Å². The zero-order valence-electron chi connectivity index (χ0n) is 11.0. The number of aryl methyl sites for hydroxylation is 2. The highest BCUT2D eigenvalue weighted by Gasteiger charge is 2.18. The minimum absolute atomic E-state index is 0.0398. The highest BCUT2D eigenvalue weighted by Crippen LogP contribution is 2.25. The molecule has 4 heteroatoms. The molecule has 0 fully saturated rings. The summed E-state index contributed by atoms with van der Waals surface area (Å²) >= 11 is 0. The van der Waals surface area contributed by atoms with Crippen molar-refractivity contribution < 1.29 is 12.8 Å². The maximum Gasteiger partial charge on any atom is 0.182 e. The second-order valence-corrected chi connectivity index (χ2v) is 7.16. The molecule has 20 heavy (non-hydrogen) atoms. The van der Waals surface area contributed by atoms with Crippen LogP contribution in [0.5, 0.6) is 0 Å². The Bertz CT molecular complexity index is 751. The molecule has 0 amide bonds. The molecule has 104 valence electrons. The molecule has 3 rings (SSSR count). The predicted molar refractivity (Wildman–Crippen MR) is 75.8 cm³/mol. The minimum atomic E-state index is -3.49. The van der Waals surface area contributed by atoms with E-state index in [1.807, 2.05) is 18.2 Å². The quantitative estimate of drug-likeness (QED) is 0.869. The zero-order chi connectivity index (χ0) is 14.2. The Morgan fingerprint density at radius 3 is 2.60 bits per heavy atom. The molecule has 0 atom stereocenters. The van der Waals surface area contributed by atoms with Crippen molar-refractivity contribution in [3.05, 3.63) is 65.0 Å². The fourth-order valence-corrected chi connectivity index (χ4v) is 4.04. The maximum atomic E-state index is 13.2. The van der Waals surface area contributed by atoms with E-state index in [0.717, 1.165) is 30.9 Å². The fourth-order valence-electron chi connectivity index (χ4n) is 2.68. The van der Waals surface area contributed by atoms with Crippen LogP contribution in [0.25, 0.3) is 0 Å². The van der Waals surface area contributed by atoms with E-state index in [2.05, 4.69) is 0 Å². The van der Waals surface area contributed by atoms with E-state index in [1.54, 1.807) is 0 Å². The van der Waals surface area contributed by atoms with Gasteiger partial charge < -0.3 is 0 Å². The molecule has 0 saturated heterocycles. The largest absolute Gasteiger partial charge is 0.223 e. The monoisotopic (exact) mass is 290 g/mol. The Morgan fingerprint density at radius 1 is 1.00 bits per heavy atom. The summed E-state index contributed by atoms with van der Waals surface area (Å²) in [4.78, 5) is 0.0398. The third kappa shape index (κ3) is 2.61. The van der Waals surface area contributed by atoms with Crippen LogP contribution in [-0.2, 0) is 28.4 Å². The Morgan fingerprint density at radius 2 is 1.80 bits per heavy atom. The van der Waals surface area contributed by atoms with Gasteiger partial charge in [0.05, 0.1) is 10.6 Å². The molecular weight excluding hydrogens is 275 g/mol. The summed E-state index contributed by atoms with van der Waals surface area (Å²) in [6.07, 6.45) is 3.23. The molecule has 2 aromatic rings. The molecule has 0 aromatic heterocycles. The van der Waals surface area contributed by atoms with Gasteiger partial charge in [-0.2, -0.15) is 0 Å². The van der Waals surface area contributed by atoms with E-state index < -0.39 is 15.7 Å². The summed E-state index contributed by atoms with van der Waals surface area (Å²) < 4.78 is 37.7.